The maximum Gasteiger partial charge on any atom is 0.0896 e. The van der Waals surface area contributed by atoms with Crippen LogP contribution < -0.4 is 19.2 Å². The molecule has 0 atom stereocenters. The number of nitrogens with one attached hydrogen (secondary N) is 2. The molecule has 2 aromatic rings. The molecule has 2 aliphatic heterocycles. The average molecular weight is 447 g/mol. The van der Waals surface area contributed by atoms with Gasteiger partial charge in [-0.05, 0) is 61.2 Å². The molecule has 0 saturated carbocycles. The first-order valence-corrected chi connectivity index (χ1v) is 10.6. The van der Waals surface area contributed by atoms with Crippen LogP contribution in [0, 0.1) is 0 Å². The molecule has 0 spiro atoms. The molecule has 0 aromatic heterocycles. The molecular weight excluding hydrogens is 419 g/mol. The van der Waals surface area contributed by atoms with Gasteiger partial charge in [0.25, 0.3) is 0 Å². The molecule has 0 bridgehead atoms. The fraction of sp³-hybridized carbons (Fsp3) is 0.368. The first kappa shape index (κ1) is 23.1. The summed E-state index contributed by atoms with van der Waals surface area (Å²) in [7, 11) is -3.13. The van der Waals surface area contributed by atoms with E-state index in [9.17, 15) is 9.11 Å². The number of hydrogen-bond donors (Lipinski definition) is 4. The minimum Gasteiger partial charge on any atom is -0.317 e. The number of benzene rings is 2. The van der Waals surface area contributed by atoms with Crippen molar-refractivity contribution in [3.8, 4) is 0 Å². The highest BCUT2D eigenvalue weighted by Gasteiger charge is 2.41. The van der Waals surface area contributed by atoms with Crippen LogP contribution in [0.1, 0.15) is 12.8 Å². The lowest BCUT2D eigenvalue weighted by Gasteiger charge is -2.44. The third-order valence-corrected chi connectivity index (χ3v) is 6.86. The fourth-order valence-electron chi connectivity index (χ4n) is 3.69. The number of nitrogens with zero attached hydrogens (tertiary/aromatic N) is 2. The molecule has 2 aliphatic rings. The van der Waals surface area contributed by atoms with Crippen LogP contribution >= 0.6 is 35.8 Å². The summed E-state index contributed by atoms with van der Waals surface area (Å²) in [5, 5.41) is 6.93. The molecule has 156 valence electrons. The van der Waals surface area contributed by atoms with Gasteiger partial charge < -0.3 is 10.6 Å². The van der Waals surface area contributed by atoms with Crippen molar-refractivity contribution in [3.05, 3.63) is 54.6 Å². The molecule has 9 heteroatoms. The number of hydrogen-bond acceptors (Lipinski definition) is 6. The lowest BCUT2D eigenvalue weighted by Crippen LogP contribution is -2.43. The standard InChI is InChI=1S/C19H26N4O2S.2ClH/c24-26(25)22(15-14-21-16-10-12-20-13-11-16)18-8-4-5-9-19(18)23(26)17-6-2-1-3-7-17;;/h1-9,16,20-21,24-25H,10-15H2;2*1H. The van der Waals surface area contributed by atoms with E-state index in [0.29, 0.717) is 12.6 Å². The van der Waals surface area contributed by atoms with Crippen molar-refractivity contribution in [3.63, 3.8) is 0 Å². The zero-order valence-corrected chi connectivity index (χ0v) is 18.0. The Morgan fingerprint density at radius 1 is 0.929 bits per heavy atom. The lowest BCUT2D eigenvalue weighted by atomic mass is 10.1. The van der Waals surface area contributed by atoms with E-state index in [-0.39, 0.29) is 24.8 Å². The molecule has 4 rings (SSSR count). The molecule has 2 heterocycles. The van der Waals surface area contributed by atoms with Crippen LogP contribution in [0.3, 0.4) is 0 Å². The normalized spacial score (nSPS) is 19.4. The summed E-state index contributed by atoms with van der Waals surface area (Å²) >= 11 is 0. The first-order chi connectivity index (χ1) is 12.7. The lowest BCUT2D eigenvalue weighted by molar-refractivity contribution is 0.390. The van der Waals surface area contributed by atoms with Gasteiger partial charge in [0.05, 0.1) is 23.6 Å². The molecule has 1 saturated heterocycles. The number of anilines is 3. The molecule has 28 heavy (non-hydrogen) atoms. The molecule has 4 N–H and O–H groups in total. The minimum absolute atomic E-state index is 0. The van der Waals surface area contributed by atoms with Gasteiger partial charge in [-0.1, -0.05) is 30.3 Å². The summed E-state index contributed by atoms with van der Waals surface area (Å²) in [4.78, 5) is 0. The Kier molecular flexibility index (Phi) is 8.27. The zero-order valence-electron chi connectivity index (χ0n) is 15.5. The predicted octanol–water partition coefficient (Wildman–Crippen LogP) is 4.41. The SMILES string of the molecule is Cl.Cl.OS1(O)N(CCNC2CCNCC2)c2ccccc2N1c1ccccc1. The molecule has 2 aromatic carbocycles. The van der Waals surface area contributed by atoms with Gasteiger partial charge in [0.1, 0.15) is 0 Å². The summed E-state index contributed by atoms with van der Waals surface area (Å²) in [5.74, 6) is 0. The zero-order chi connectivity index (χ0) is 18.0. The van der Waals surface area contributed by atoms with Crippen LogP contribution in [0.25, 0.3) is 0 Å². The topological polar surface area (TPSA) is 71.0 Å². The Morgan fingerprint density at radius 2 is 1.54 bits per heavy atom. The first-order valence-electron chi connectivity index (χ1n) is 9.12. The third kappa shape index (κ3) is 4.52. The maximum atomic E-state index is 11.1. The molecule has 0 radical (unpaired) electrons. The summed E-state index contributed by atoms with van der Waals surface area (Å²) in [6.45, 7) is 3.35. The maximum absolute atomic E-state index is 11.1. The van der Waals surface area contributed by atoms with Gasteiger partial charge in [-0.25, -0.2) is 4.31 Å². The van der Waals surface area contributed by atoms with E-state index < -0.39 is 11.0 Å². The quantitative estimate of drug-likeness (QED) is 0.545. The van der Waals surface area contributed by atoms with Gasteiger partial charge in [-0.3, -0.25) is 13.4 Å². The number of piperidine rings is 1. The highest BCUT2D eigenvalue weighted by atomic mass is 35.5. The Morgan fingerprint density at radius 3 is 2.21 bits per heavy atom. The van der Waals surface area contributed by atoms with E-state index in [1.54, 1.807) is 8.61 Å². The van der Waals surface area contributed by atoms with Gasteiger partial charge in [0.2, 0.25) is 0 Å². The van der Waals surface area contributed by atoms with Crippen molar-refractivity contribution in [1.82, 2.24) is 10.6 Å². The fourth-order valence-corrected chi connectivity index (χ4v) is 5.47. The Labute approximate surface area is 180 Å². The minimum atomic E-state index is -3.13. The summed E-state index contributed by atoms with van der Waals surface area (Å²) in [6.07, 6.45) is 2.23. The monoisotopic (exact) mass is 446 g/mol. The van der Waals surface area contributed by atoms with Crippen molar-refractivity contribution >= 4 is 52.8 Å². The largest absolute Gasteiger partial charge is 0.317 e. The van der Waals surface area contributed by atoms with Gasteiger partial charge in [0, 0.05) is 12.6 Å². The second-order valence-corrected chi connectivity index (χ2v) is 8.47. The molecule has 1 fully saturated rings. The van der Waals surface area contributed by atoms with Crippen LogP contribution in [-0.4, -0.2) is 41.3 Å². The molecule has 0 aliphatic carbocycles. The Hall–Kier alpha value is -1.19. The van der Waals surface area contributed by atoms with Crippen LogP contribution in [0.15, 0.2) is 54.6 Å². The van der Waals surface area contributed by atoms with Crippen molar-refractivity contribution in [1.29, 1.82) is 0 Å². The van der Waals surface area contributed by atoms with Gasteiger partial charge in [-0.15, -0.1) is 24.8 Å². The average Bonchev–Trinajstić information content (AvgIpc) is 2.90. The number of para-hydroxylation sites is 3. The van der Waals surface area contributed by atoms with Gasteiger partial charge >= 0.3 is 0 Å². The second-order valence-electron chi connectivity index (χ2n) is 6.69. The Balaban J connectivity index is 0.00000140. The smallest absolute Gasteiger partial charge is 0.0896 e. The van der Waals surface area contributed by atoms with E-state index in [2.05, 4.69) is 10.6 Å². The second kappa shape index (κ2) is 10.0. The highest BCUT2D eigenvalue weighted by Crippen LogP contribution is 2.63. The number of halogens is 2. The van der Waals surface area contributed by atoms with Crippen molar-refractivity contribution in [2.24, 2.45) is 0 Å². The summed E-state index contributed by atoms with van der Waals surface area (Å²) < 4.78 is 25.6. The van der Waals surface area contributed by atoms with Crippen molar-refractivity contribution in [2.45, 2.75) is 18.9 Å². The van der Waals surface area contributed by atoms with E-state index in [4.69, 9.17) is 0 Å². The van der Waals surface area contributed by atoms with E-state index in [1.165, 1.54) is 0 Å². The molecule has 0 unspecified atom stereocenters. The van der Waals surface area contributed by atoms with Crippen molar-refractivity contribution < 1.29 is 9.11 Å². The number of rotatable bonds is 5. The molecule has 0 amide bonds. The van der Waals surface area contributed by atoms with Gasteiger partial charge in [0.15, 0.2) is 0 Å². The molecule has 6 nitrogen and oxygen atoms in total. The van der Waals surface area contributed by atoms with Crippen LogP contribution in [0.2, 0.25) is 0 Å². The van der Waals surface area contributed by atoms with E-state index >= 15 is 0 Å². The summed E-state index contributed by atoms with van der Waals surface area (Å²) in [6, 6.07) is 17.8. The number of fused-ring (bicyclic) bond motifs is 1. The van der Waals surface area contributed by atoms with Crippen LogP contribution in [0.4, 0.5) is 17.1 Å². The predicted molar refractivity (Wildman–Crippen MR) is 124 cm³/mol. The van der Waals surface area contributed by atoms with Crippen molar-refractivity contribution in [2.75, 3.05) is 34.8 Å². The van der Waals surface area contributed by atoms with Gasteiger partial charge in [-0.2, -0.15) is 0 Å². The van der Waals surface area contributed by atoms with E-state index in [1.807, 2.05) is 54.6 Å². The molecular formula is C19H28Cl2N4O2S. The Bertz CT molecular complexity index is 748. The van der Waals surface area contributed by atoms with Crippen LogP contribution in [-0.2, 0) is 0 Å². The highest BCUT2D eigenvalue weighted by molar-refractivity contribution is 8.27. The van der Waals surface area contributed by atoms with Crippen LogP contribution in [0.5, 0.6) is 0 Å². The summed E-state index contributed by atoms with van der Waals surface area (Å²) in [5.41, 5.74) is 2.48. The van der Waals surface area contributed by atoms with E-state index in [0.717, 1.165) is 49.5 Å². The third-order valence-electron chi connectivity index (χ3n) is 4.99.